The smallest absolute Gasteiger partial charge is 0.191 e. The maximum atomic E-state index is 12.4. The van der Waals surface area contributed by atoms with E-state index < -0.39 is 9.84 Å². The molecular weight excluding hydrogens is 388 g/mol. The number of benzene rings is 1. The Morgan fingerprint density at radius 1 is 1.10 bits per heavy atom. The van der Waals surface area contributed by atoms with E-state index in [-0.39, 0.29) is 11.3 Å². The Hall–Kier alpha value is -1.64. The second kappa shape index (κ2) is 10.4. The predicted octanol–water partition coefficient (Wildman–Crippen LogP) is 1.66. The summed E-state index contributed by atoms with van der Waals surface area (Å²) in [6.07, 6.45) is 6.16. The molecule has 1 aromatic carbocycles. The number of sulfone groups is 1. The molecule has 1 aromatic rings. The van der Waals surface area contributed by atoms with Crippen LogP contribution in [0, 0.1) is 0 Å². The second-order valence-electron chi connectivity index (χ2n) is 7.87. The topological polar surface area (TPSA) is 83.0 Å². The summed E-state index contributed by atoms with van der Waals surface area (Å²) in [5.74, 6) is 0.693. The summed E-state index contributed by atoms with van der Waals surface area (Å²) in [7, 11) is -1.57. The van der Waals surface area contributed by atoms with Gasteiger partial charge >= 0.3 is 0 Å². The number of morpholine rings is 1. The quantitative estimate of drug-likeness (QED) is 0.514. The van der Waals surface area contributed by atoms with Crippen molar-refractivity contribution in [3.8, 4) is 0 Å². The average molecular weight is 423 g/mol. The van der Waals surface area contributed by atoms with Gasteiger partial charge in [0.25, 0.3) is 0 Å². The highest BCUT2D eigenvalue weighted by Crippen LogP contribution is 2.33. The lowest BCUT2D eigenvalue weighted by atomic mass is 9.80. The third-order valence-corrected chi connectivity index (χ3v) is 7.77. The first-order chi connectivity index (χ1) is 14.1. The number of hydrogen-bond donors (Lipinski definition) is 2. The van der Waals surface area contributed by atoms with E-state index in [1.165, 1.54) is 32.1 Å². The number of guanidine groups is 1. The van der Waals surface area contributed by atoms with Crippen LogP contribution in [0.15, 0.2) is 40.2 Å². The van der Waals surface area contributed by atoms with E-state index in [0.29, 0.717) is 17.4 Å². The summed E-state index contributed by atoms with van der Waals surface area (Å²) in [4.78, 5) is 7.24. The van der Waals surface area contributed by atoms with Crippen molar-refractivity contribution in [1.29, 1.82) is 0 Å². The third kappa shape index (κ3) is 5.93. The van der Waals surface area contributed by atoms with E-state index in [4.69, 9.17) is 4.74 Å². The van der Waals surface area contributed by atoms with Crippen LogP contribution in [-0.4, -0.2) is 77.0 Å². The Morgan fingerprint density at radius 3 is 2.45 bits per heavy atom. The SMILES string of the molecule is CN=C(NCCS(=O)(=O)c1ccccc1)NCC1(N2CCOCC2)CCCCC1. The lowest BCUT2D eigenvalue weighted by Crippen LogP contribution is -2.60. The molecule has 1 saturated carbocycles. The summed E-state index contributed by atoms with van der Waals surface area (Å²) >= 11 is 0. The molecule has 2 aliphatic rings. The Balaban J connectivity index is 1.53. The molecular formula is C21H34N4O3S. The number of nitrogens with zero attached hydrogens (tertiary/aromatic N) is 2. The van der Waals surface area contributed by atoms with E-state index in [2.05, 4.69) is 20.5 Å². The van der Waals surface area contributed by atoms with Crippen LogP contribution in [-0.2, 0) is 14.6 Å². The zero-order valence-electron chi connectivity index (χ0n) is 17.4. The van der Waals surface area contributed by atoms with Gasteiger partial charge in [0.1, 0.15) is 0 Å². The maximum Gasteiger partial charge on any atom is 0.191 e. The number of ether oxygens (including phenoxy) is 1. The molecule has 2 N–H and O–H groups in total. The van der Waals surface area contributed by atoms with Gasteiger partial charge in [0.15, 0.2) is 15.8 Å². The lowest BCUT2D eigenvalue weighted by molar-refractivity contribution is -0.0352. The molecule has 3 rings (SSSR count). The molecule has 0 atom stereocenters. The fourth-order valence-electron chi connectivity index (χ4n) is 4.37. The second-order valence-corrected chi connectivity index (χ2v) is 9.98. The van der Waals surface area contributed by atoms with Gasteiger partial charge in [0, 0.05) is 38.8 Å². The van der Waals surface area contributed by atoms with Gasteiger partial charge in [0.05, 0.1) is 23.9 Å². The van der Waals surface area contributed by atoms with Crippen molar-refractivity contribution < 1.29 is 13.2 Å². The van der Waals surface area contributed by atoms with Crippen molar-refractivity contribution >= 4 is 15.8 Å². The minimum Gasteiger partial charge on any atom is -0.379 e. The van der Waals surface area contributed by atoms with Gasteiger partial charge in [-0.2, -0.15) is 0 Å². The Kier molecular flexibility index (Phi) is 7.91. The first kappa shape index (κ1) is 22.1. The average Bonchev–Trinajstić information content (AvgIpc) is 2.78. The van der Waals surface area contributed by atoms with E-state index in [1.54, 1.807) is 31.3 Å². The molecule has 0 spiro atoms. The molecule has 0 bridgehead atoms. The molecule has 7 nitrogen and oxygen atoms in total. The van der Waals surface area contributed by atoms with E-state index in [0.717, 1.165) is 32.8 Å². The molecule has 29 heavy (non-hydrogen) atoms. The zero-order chi connectivity index (χ0) is 20.6. The van der Waals surface area contributed by atoms with Crippen molar-refractivity contribution in [1.82, 2.24) is 15.5 Å². The molecule has 0 amide bonds. The minimum absolute atomic E-state index is 0.0340. The highest BCUT2D eigenvalue weighted by Gasteiger charge is 2.38. The molecule has 0 aromatic heterocycles. The largest absolute Gasteiger partial charge is 0.379 e. The van der Waals surface area contributed by atoms with E-state index in [1.807, 2.05) is 6.07 Å². The third-order valence-electron chi connectivity index (χ3n) is 6.04. The molecule has 162 valence electrons. The Labute approximate surface area is 174 Å². The summed E-state index contributed by atoms with van der Waals surface area (Å²) in [5.41, 5.74) is 0.135. The van der Waals surface area contributed by atoms with Crippen molar-refractivity contribution in [3.05, 3.63) is 30.3 Å². The predicted molar refractivity (Wildman–Crippen MR) is 116 cm³/mol. The summed E-state index contributed by atoms with van der Waals surface area (Å²) < 4.78 is 30.4. The standard InChI is InChI=1S/C21H34N4O3S/c1-22-20(23-12-17-29(26,27)19-8-4-2-5-9-19)24-18-21(10-6-3-7-11-21)25-13-15-28-16-14-25/h2,4-5,8-9H,3,6-7,10-18H2,1H3,(H2,22,23,24). The van der Waals surface area contributed by atoms with Crippen molar-refractivity contribution in [3.63, 3.8) is 0 Å². The first-order valence-corrected chi connectivity index (χ1v) is 12.3. The molecule has 0 unspecified atom stereocenters. The summed E-state index contributed by atoms with van der Waals surface area (Å²) in [6.45, 7) is 4.68. The van der Waals surface area contributed by atoms with Crippen LogP contribution >= 0.6 is 0 Å². The fraction of sp³-hybridized carbons (Fsp3) is 0.667. The molecule has 0 radical (unpaired) electrons. The number of aliphatic imine (C=N–C) groups is 1. The lowest BCUT2D eigenvalue weighted by Gasteiger charge is -2.48. The zero-order valence-corrected chi connectivity index (χ0v) is 18.2. The van der Waals surface area contributed by atoms with Gasteiger partial charge in [-0.1, -0.05) is 37.5 Å². The number of nitrogens with one attached hydrogen (secondary N) is 2. The van der Waals surface area contributed by atoms with Crippen molar-refractivity contribution in [2.75, 3.05) is 52.2 Å². The highest BCUT2D eigenvalue weighted by atomic mass is 32.2. The number of rotatable bonds is 7. The molecule has 1 aliphatic heterocycles. The van der Waals surface area contributed by atoms with Crippen LogP contribution in [0.3, 0.4) is 0 Å². The van der Waals surface area contributed by atoms with E-state index in [9.17, 15) is 8.42 Å². The summed E-state index contributed by atoms with van der Waals surface area (Å²) in [6, 6.07) is 8.58. The van der Waals surface area contributed by atoms with Crippen LogP contribution in [0.5, 0.6) is 0 Å². The Bertz CT molecular complexity index is 755. The molecule has 1 aliphatic carbocycles. The molecule has 2 fully saturated rings. The summed E-state index contributed by atoms with van der Waals surface area (Å²) in [5, 5.41) is 6.64. The van der Waals surface area contributed by atoms with Gasteiger partial charge in [-0.15, -0.1) is 0 Å². The van der Waals surface area contributed by atoms with Crippen molar-refractivity contribution in [2.24, 2.45) is 4.99 Å². The van der Waals surface area contributed by atoms with Crippen LogP contribution in [0.4, 0.5) is 0 Å². The first-order valence-electron chi connectivity index (χ1n) is 10.6. The normalized spacial score (nSPS) is 20.9. The maximum absolute atomic E-state index is 12.4. The van der Waals surface area contributed by atoms with Gasteiger partial charge in [-0.05, 0) is 25.0 Å². The minimum atomic E-state index is -3.30. The molecule has 8 heteroatoms. The number of hydrogen-bond acceptors (Lipinski definition) is 5. The molecule has 1 heterocycles. The Morgan fingerprint density at radius 2 is 1.79 bits per heavy atom. The van der Waals surface area contributed by atoms with Crippen LogP contribution < -0.4 is 10.6 Å². The van der Waals surface area contributed by atoms with Crippen LogP contribution in [0.2, 0.25) is 0 Å². The van der Waals surface area contributed by atoms with Gasteiger partial charge in [0.2, 0.25) is 0 Å². The molecule has 1 saturated heterocycles. The monoisotopic (exact) mass is 422 g/mol. The van der Waals surface area contributed by atoms with Gasteiger partial charge < -0.3 is 15.4 Å². The van der Waals surface area contributed by atoms with Gasteiger partial charge in [-0.3, -0.25) is 9.89 Å². The fourth-order valence-corrected chi connectivity index (χ4v) is 5.55. The highest BCUT2D eigenvalue weighted by molar-refractivity contribution is 7.91. The van der Waals surface area contributed by atoms with Crippen molar-refractivity contribution in [2.45, 2.75) is 42.5 Å². The van der Waals surface area contributed by atoms with Crippen LogP contribution in [0.1, 0.15) is 32.1 Å². The van der Waals surface area contributed by atoms with Gasteiger partial charge in [-0.25, -0.2) is 8.42 Å². The van der Waals surface area contributed by atoms with E-state index >= 15 is 0 Å². The van der Waals surface area contributed by atoms with Crippen LogP contribution in [0.25, 0.3) is 0 Å².